The molecule has 1 aliphatic rings. The number of hydrogen-bond donors (Lipinski definition) is 0. The standard InChI is InChI=1S/C13H11BrFN/c14-13(15)8-6-12(7-9-13)16-10-11-4-2-1-3-5-11/h1-8,10H,9H2. The van der Waals surface area contributed by atoms with E-state index >= 15 is 0 Å². The zero-order valence-electron chi connectivity index (χ0n) is 8.61. The monoisotopic (exact) mass is 279 g/mol. The first-order valence-corrected chi connectivity index (χ1v) is 5.81. The molecule has 0 N–H and O–H groups in total. The van der Waals surface area contributed by atoms with Crippen LogP contribution in [0.5, 0.6) is 0 Å². The lowest BCUT2D eigenvalue weighted by atomic mass is 10.1. The number of allylic oxidation sites excluding steroid dienone is 3. The molecule has 1 atom stereocenters. The Morgan fingerprint density at radius 2 is 2.06 bits per heavy atom. The van der Waals surface area contributed by atoms with Crippen molar-refractivity contribution in [2.45, 2.75) is 11.0 Å². The van der Waals surface area contributed by atoms with Gasteiger partial charge in [-0.15, -0.1) is 0 Å². The summed E-state index contributed by atoms with van der Waals surface area (Å²) in [6.07, 6.45) is 7.01. The lowest BCUT2D eigenvalue weighted by Crippen LogP contribution is -2.10. The summed E-state index contributed by atoms with van der Waals surface area (Å²) in [7, 11) is 0. The van der Waals surface area contributed by atoms with Gasteiger partial charge in [0.2, 0.25) is 0 Å². The number of alkyl halides is 2. The average Bonchev–Trinajstić information content (AvgIpc) is 2.29. The minimum atomic E-state index is -1.40. The Morgan fingerprint density at radius 3 is 2.69 bits per heavy atom. The lowest BCUT2D eigenvalue weighted by Gasteiger charge is -2.14. The Hall–Kier alpha value is -1.22. The first-order valence-electron chi connectivity index (χ1n) is 5.02. The van der Waals surface area contributed by atoms with Gasteiger partial charge < -0.3 is 0 Å². The molecule has 0 radical (unpaired) electrons. The third kappa shape index (κ3) is 3.14. The molecule has 0 aliphatic heterocycles. The molecule has 1 aliphatic carbocycles. The molecule has 1 nitrogen and oxygen atoms in total. The van der Waals surface area contributed by atoms with Crippen LogP contribution < -0.4 is 0 Å². The summed E-state index contributed by atoms with van der Waals surface area (Å²) in [5, 5.41) is 0. The number of benzene rings is 1. The van der Waals surface area contributed by atoms with Gasteiger partial charge in [-0.3, -0.25) is 4.99 Å². The second-order valence-electron chi connectivity index (χ2n) is 3.60. The Balaban J connectivity index is 2.05. The van der Waals surface area contributed by atoms with Gasteiger partial charge in [0.15, 0.2) is 4.58 Å². The molecule has 3 heteroatoms. The SMILES string of the molecule is FC1(Br)C=CC(N=Cc2ccccc2)=CC1. The highest BCUT2D eigenvalue weighted by atomic mass is 79.9. The van der Waals surface area contributed by atoms with E-state index in [4.69, 9.17) is 0 Å². The van der Waals surface area contributed by atoms with Crippen molar-refractivity contribution < 1.29 is 4.39 Å². The number of hydrogen-bond acceptors (Lipinski definition) is 1. The molecular formula is C13H11BrFN. The zero-order chi connectivity index (χ0) is 11.4. The van der Waals surface area contributed by atoms with E-state index in [0.29, 0.717) is 6.42 Å². The van der Waals surface area contributed by atoms with Gasteiger partial charge in [0, 0.05) is 12.6 Å². The van der Waals surface area contributed by atoms with Crippen LogP contribution in [0.4, 0.5) is 4.39 Å². The summed E-state index contributed by atoms with van der Waals surface area (Å²) < 4.78 is 11.9. The van der Waals surface area contributed by atoms with Crippen molar-refractivity contribution in [2.24, 2.45) is 4.99 Å². The Kier molecular flexibility index (Phi) is 3.34. The average molecular weight is 280 g/mol. The first kappa shape index (κ1) is 11.3. The van der Waals surface area contributed by atoms with Crippen molar-refractivity contribution in [3.63, 3.8) is 0 Å². The fraction of sp³-hybridized carbons (Fsp3) is 0.154. The first-order chi connectivity index (χ1) is 7.66. The van der Waals surface area contributed by atoms with Crippen LogP contribution in [0.3, 0.4) is 0 Å². The highest BCUT2D eigenvalue weighted by molar-refractivity contribution is 9.10. The number of halogens is 2. The predicted molar refractivity (Wildman–Crippen MR) is 68.6 cm³/mol. The fourth-order valence-corrected chi connectivity index (χ4v) is 1.66. The second kappa shape index (κ2) is 4.74. The maximum Gasteiger partial charge on any atom is 0.187 e. The topological polar surface area (TPSA) is 12.4 Å². The van der Waals surface area contributed by atoms with Crippen LogP contribution in [-0.4, -0.2) is 10.8 Å². The Labute approximate surface area is 103 Å². The molecule has 1 aromatic carbocycles. The molecular weight excluding hydrogens is 269 g/mol. The van der Waals surface area contributed by atoms with E-state index < -0.39 is 4.58 Å². The van der Waals surface area contributed by atoms with E-state index in [1.807, 2.05) is 30.3 Å². The molecule has 0 bridgehead atoms. The van der Waals surface area contributed by atoms with Crippen LogP contribution in [0.1, 0.15) is 12.0 Å². The van der Waals surface area contributed by atoms with Crippen LogP contribution in [0, 0.1) is 0 Å². The van der Waals surface area contributed by atoms with Gasteiger partial charge in [-0.1, -0.05) is 36.4 Å². The molecule has 0 saturated heterocycles. The van der Waals surface area contributed by atoms with E-state index in [9.17, 15) is 4.39 Å². The molecule has 0 spiro atoms. The van der Waals surface area contributed by atoms with Crippen molar-refractivity contribution in [3.8, 4) is 0 Å². The van der Waals surface area contributed by atoms with Crippen molar-refractivity contribution >= 4 is 22.1 Å². The number of nitrogens with zero attached hydrogens (tertiary/aromatic N) is 1. The van der Waals surface area contributed by atoms with E-state index in [1.165, 1.54) is 6.08 Å². The smallest absolute Gasteiger partial charge is 0.187 e. The highest BCUT2D eigenvalue weighted by Gasteiger charge is 2.22. The van der Waals surface area contributed by atoms with Crippen LogP contribution in [0.15, 0.2) is 59.2 Å². The zero-order valence-corrected chi connectivity index (χ0v) is 10.2. The number of rotatable bonds is 2. The molecule has 16 heavy (non-hydrogen) atoms. The third-order valence-corrected chi connectivity index (χ3v) is 2.83. The molecule has 82 valence electrons. The summed E-state index contributed by atoms with van der Waals surface area (Å²) in [5.74, 6) is 0. The van der Waals surface area contributed by atoms with Crippen molar-refractivity contribution in [2.75, 3.05) is 0 Å². The summed E-state index contributed by atoms with van der Waals surface area (Å²) in [5.41, 5.74) is 1.82. The van der Waals surface area contributed by atoms with Gasteiger partial charge in [0.05, 0.1) is 5.70 Å². The predicted octanol–water partition coefficient (Wildman–Crippen LogP) is 4.01. The van der Waals surface area contributed by atoms with Gasteiger partial charge in [0.25, 0.3) is 0 Å². The van der Waals surface area contributed by atoms with Gasteiger partial charge in [-0.25, -0.2) is 4.39 Å². The van der Waals surface area contributed by atoms with Crippen LogP contribution >= 0.6 is 15.9 Å². The highest BCUT2D eigenvalue weighted by Crippen LogP contribution is 2.31. The lowest BCUT2D eigenvalue weighted by molar-refractivity contribution is 0.366. The van der Waals surface area contributed by atoms with Gasteiger partial charge in [0.1, 0.15) is 0 Å². The maximum absolute atomic E-state index is 13.3. The van der Waals surface area contributed by atoms with Crippen molar-refractivity contribution in [1.29, 1.82) is 0 Å². The minimum Gasteiger partial charge on any atom is -0.257 e. The van der Waals surface area contributed by atoms with Crippen LogP contribution in [0.25, 0.3) is 0 Å². The van der Waals surface area contributed by atoms with E-state index in [0.717, 1.165) is 11.3 Å². The van der Waals surface area contributed by atoms with Crippen molar-refractivity contribution in [1.82, 2.24) is 0 Å². The summed E-state index contributed by atoms with van der Waals surface area (Å²) in [6, 6.07) is 9.81. The second-order valence-corrected chi connectivity index (χ2v) is 4.91. The number of aliphatic imine (C=N–C) groups is 1. The van der Waals surface area contributed by atoms with E-state index in [2.05, 4.69) is 20.9 Å². The Bertz CT molecular complexity index is 446. The van der Waals surface area contributed by atoms with Gasteiger partial charge in [-0.05, 0) is 33.6 Å². The fourth-order valence-electron chi connectivity index (χ4n) is 1.37. The molecule has 1 unspecified atom stereocenters. The molecule has 1 aromatic rings. The molecule has 0 fully saturated rings. The molecule has 0 aromatic heterocycles. The largest absolute Gasteiger partial charge is 0.257 e. The molecule has 0 amide bonds. The third-order valence-electron chi connectivity index (χ3n) is 2.24. The molecule has 2 rings (SSSR count). The normalized spacial score (nSPS) is 24.8. The van der Waals surface area contributed by atoms with Crippen LogP contribution in [0.2, 0.25) is 0 Å². The van der Waals surface area contributed by atoms with E-state index in [1.54, 1.807) is 18.4 Å². The maximum atomic E-state index is 13.3. The minimum absolute atomic E-state index is 0.310. The quantitative estimate of drug-likeness (QED) is 0.573. The van der Waals surface area contributed by atoms with Crippen LogP contribution in [-0.2, 0) is 0 Å². The molecule has 0 saturated carbocycles. The van der Waals surface area contributed by atoms with Gasteiger partial charge >= 0.3 is 0 Å². The van der Waals surface area contributed by atoms with E-state index in [-0.39, 0.29) is 0 Å². The summed E-state index contributed by atoms with van der Waals surface area (Å²) in [4.78, 5) is 4.28. The summed E-state index contributed by atoms with van der Waals surface area (Å²) in [6.45, 7) is 0. The summed E-state index contributed by atoms with van der Waals surface area (Å²) >= 11 is 2.97. The van der Waals surface area contributed by atoms with Crippen molar-refractivity contribution in [3.05, 3.63) is 59.8 Å². The van der Waals surface area contributed by atoms with Gasteiger partial charge in [-0.2, -0.15) is 0 Å². The Morgan fingerprint density at radius 1 is 1.31 bits per heavy atom. The molecule has 0 heterocycles.